The third-order valence-electron chi connectivity index (χ3n) is 2.93. The fraction of sp³-hybridized carbons (Fsp3) is 0.267. The van der Waals surface area contributed by atoms with Crippen molar-refractivity contribution in [3.63, 3.8) is 0 Å². The molecular weight excluding hydrogens is 282 g/mol. The molecule has 1 N–H and O–H groups in total. The number of pyridine rings is 1. The number of aromatic nitrogens is 1. The SMILES string of the molecule is CCCNC(c1cncc(F)c1)c1cc(F)ccc1Cl. The fourth-order valence-electron chi connectivity index (χ4n) is 2.02. The average molecular weight is 297 g/mol. The predicted molar refractivity (Wildman–Crippen MR) is 75.7 cm³/mol. The summed E-state index contributed by atoms with van der Waals surface area (Å²) >= 11 is 6.14. The standard InChI is InChI=1S/C15H15ClF2N2/c1-2-5-20-15(10-6-12(18)9-19-8-10)13-7-11(17)3-4-14(13)16/h3-4,6-9,15,20H,2,5H2,1H3. The number of halogens is 3. The van der Waals surface area contributed by atoms with E-state index in [2.05, 4.69) is 10.3 Å². The highest BCUT2D eigenvalue weighted by molar-refractivity contribution is 6.31. The molecule has 2 rings (SSSR count). The van der Waals surface area contributed by atoms with Crippen LogP contribution in [0.1, 0.15) is 30.5 Å². The van der Waals surface area contributed by atoms with Gasteiger partial charge in [-0.15, -0.1) is 0 Å². The molecule has 1 aromatic heterocycles. The van der Waals surface area contributed by atoms with Crippen LogP contribution in [0.3, 0.4) is 0 Å². The number of nitrogens with zero attached hydrogens (tertiary/aromatic N) is 1. The van der Waals surface area contributed by atoms with E-state index in [1.54, 1.807) is 6.20 Å². The van der Waals surface area contributed by atoms with Crippen molar-refractivity contribution in [2.75, 3.05) is 6.54 Å². The van der Waals surface area contributed by atoms with Crippen LogP contribution in [0, 0.1) is 11.6 Å². The molecule has 0 saturated carbocycles. The lowest BCUT2D eigenvalue weighted by atomic mass is 9.99. The Labute approximate surface area is 121 Å². The number of benzene rings is 1. The Morgan fingerprint density at radius 1 is 1.20 bits per heavy atom. The highest BCUT2D eigenvalue weighted by atomic mass is 35.5. The number of hydrogen-bond donors (Lipinski definition) is 1. The molecule has 20 heavy (non-hydrogen) atoms. The van der Waals surface area contributed by atoms with Gasteiger partial charge in [-0.2, -0.15) is 0 Å². The van der Waals surface area contributed by atoms with E-state index >= 15 is 0 Å². The Morgan fingerprint density at radius 3 is 2.70 bits per heavy atom. The van der Waals surface area contributed by atoms with Gasteiger partial charge in [0, 0.05) is 11.2 Å². The van der Waals surface area contributed by atoms with Crippen LogP contribution in [-0.4, -0.2) is 11.5 Å². The minimum absolute atomic E-state index is 0.378. The minimum Gasteiger partial charge on any atom is -0.306 e. The third kappa shape index (κ3) is 3.52. The molecule has 1 aromatic carbocycles. The molecule has 2 nitrogen and oxygen atoms in total. The summed E-state index contributed by atoms with van der Waals surface area (Å²) in [6.45, 7) is 2.72. The summed E-state index contributed by atoms with van der Waals surface area (Å²) in [6.07, 6.45) is 3.58. The van der Waals surface area contributed by atoms with Crippen LogP contribution in [0.15, 0.2) is 36.7 Å². The third-order valence-corrected chi connectivity index (χ3v) is 3.27. The lowest BCUT2D eigenvalue weighted by molar-refractivity contribution is 0.573. The van der Waals surface area contributed by atoms with E-state index in [0.717, 1.165) is 12.6 Å². The minimum atomic E-state index is -0.432. The molecule has 1 heterocycles. The van der Waals surface area contributed by atoms with Crippen LogP contribution in [-0.2, 0) is 0 Å². The maximum atomic E-state index is 13.4. The highest BCUT2D eigenvalue weighted by Crippen LogP contribution is 2.29. The molecule has 2 aromatic rings. The summed E-state index contributed by atoms with van der Waals surface area (Å²) in [5.74, 6) is -0.810. The molecule has 0 aliphatic carbocycles. The molecular formula is C15H15ClF2N2. The smallest absolute Gasteiger partial charge is 0.141 e. The summed E-state index contributed by atoms with van der Waals surface area (Å²) in [5, 5.41) is 3.67. The van der Waals surface area contributed by atoms with Crippen LogP contribution in [0.5, 0.6) is 0 Å². The van der Waals surface area contributed by atoms with Gasteiger partial charge in [0.25, 0.3) is 0 Å². The lowest BCUT2D eigenvalue weighted by Gasteiger charge is -2.20. The molecule has 5 heteroatoms. The van der Waals surface area contributed by atoms with E-state index < -0.39 is 5.82 Å². The van der Waals surface area contributed by atoms with Gasteiger partial charge in [0.05, 0.1) is 12.2 Å². The van der Waals surface area contributed by atoms with Crippen LogP contribution in [0.2, 0.25) is 5.02 Å². The summed E-state index contributed by atoms with van der Waals surface area (Å²) < 4.78 is 26.8. The van der Waals surface area contributed by atoms with E-state index in [1.165, 1.54) is 24.3 Å². The maximum absolute atomic E-state index is 13.4. The Kier molecular flexibility index (Phi) is 5.04. The van der Waals surface area contributed by atoms with Gasteiger partial charge in [-0.3, -0.25) is 4.98 Å². The van der Waals surface area contributed by atoms with Crippen molar-refractivity contribution in [3.8, 4) is 0 Å². The van der Waals surface area contributed by atoms with Gasteiger partial charge in [-0.1, -0.05) is 18.5 Å². The molecule has 0 amide bonds. The molecule has 1 atom stereocenters. The van der Waals surface area contributed by atoms with Crippen molar-refractivity contribution in [1.29, 1.82) is 0 Å². The van der Waals surface area contributed by atoms with Crippen LogP contribution in [0.25, 0.3) is 0 Å². The quantitative estimate of drug-likeness (QED) is 0.898. The van der Waals surface area contributed by atoms with E-state index in [4.69, 9.17) is 11.6 Å². The van der Waals surface area contributed by atoms with Gasteiger partial charge >= 0.3 is 0 Å². The zero-order valence-electron chi connectivity index (χ0n) is 11.0. The first-order chi connectivity index (χ1) is 9.61. The second-order valence-corrected chi connectivity index (χ2v) is 4.90. The van der Waals surface area contributed by atoms with Gasteiger partial charge in [0.1, 0.15) is 11.6 Å². The Hall–Kier alpha value is -1.52. The molecule has 0 fully saturated rings. The second kappa shape index (κ2) is 6.77. The Bertz CT molecular complexity index is 590. The van der Waals surface area contributed by atoms with Gasteiger partial charge in [-0.05, 0) is 48.4 Å². The molecule has 106 valence electrons. The zero-order chi connectivity index (χ0) is 14.5. The number of hydrogen-bond acceptors (Lipinski definition) is 2. The summed E-state index contributed by atoms with van der Waals surface area (Å²) in [4.78, 5) is 3.84. The van der Waals surface area contributed by atoms with Crippen molar-refractivity contribution in [1.82, 2.24) is 10.3 Å². The topological polar surface area (TPSA) is 24.9 Å². The van der Waals surface area contributed by atoms with E-state index in [0.29, 0.717) is 22.7 Å². The first-order valence-electron chi connectivity index (χ1n) is 6.40. The first kappa shape index (κ1) is 14.9. The number of nitrogens with one attached hydrogen (secondary N) is 1. The number of rotatable bonds is 5. The zero-order valence-corrected chi connectivity index (χ0v) is 11.8. The van der Waals surface area contributed by atoms with Gasteiger partial charge in [0.15, 0.2) is 0 Å². The van der Waals surface area contributed by atoms with Crippen LogP contribution < -0.4 is 5.32 Å². The van der Waals surface area contributed by atoms with Crippen molar-refractivity contribution in [2.24, 2.45) is 0 Å². The van der Waals surface area contributed by atoms with Crippen LogP contribution in [0.4, 0.5) is 8.78 Å². The molecule has 1 unspecified atom stereocenters. The molecule has 0 saturated heterocycles. The normalized spacial score (nSPS) is 12.4. The molecule has 0 aliphatic heterocycles. The molecule has 0 aliphatic rings. The van der Waals surface area contributed by atoms with Crippen LogP contribution >= 0.6 is 11.6 Å². The molecule has 0 radical (unpaired) electrons. The second-order valence-electron chi connectivity index (χ2n) is 4.49. The highest BCUT2D eigenvalue weighted by Gasteiger charge is 2.18. The molecule has 0 bridgehead atoms. The Morgan fingerprint density at radius 2 is 2.00 bits per heavy atom. The monoisotopic (exact) mass is 296 g/mol. The van der Waals surface area contributed by atoms with Crippen molar-refractivity contribution < 1.29 is 8.78 Å². The fourth-order valence-corrected chi connectivity index (χ4v) is 2.24. The van der Waals surface area contributed by atoms with E-state index in [-0.39, 0.29) is 11.9 Å². The summed E-state index contributed by atoms with van der Waals surface area (Å²) in [6, 6.07) is 5.15. The summed E-state index contributed by atoms with van der Waals surface area (Å²) in [7, 11) is 0. The maximum Gasteiger partial charge on any atom is 0.141 e. The van der Waals surface area contributed by atoms with Crippen molar-refractivity contribution in [2.45, 2.75) is 19.4 Å². The average Bonchev–Trinajstić information content (AvgIpc) is 2.43. The summed E-state index contributed by atoms with van der Waals surface area (Å²) in [5.41, 5.74) is 1.19. The lowest BCUT2D eigenvalue weighted by Crippen LogP contribution is -2.24. The van der Waals surface area contributed by atoms with Gasteiger partial charge in [-0.25, -0.2) is 8.78 Å². The van der Waals surface area contributed by atoms with E-state index in [9.17, 15) is 8.78 Å². The predicted octanol–water partition coefficient (Wildman–Crippen LogP) is 4.10. The van der Waals surface area contributed by atoms with E-state index in [1.807, 2.05) is 6.92 Å². The first-order valence-corrected chi connectivity index (χ1v) is 6.78. The largest absolute Gasteiger partial charge is 0.306 e. The van der Waals surface area contributed by atoms with Gasteiger partial charge < -0.3 is 5.32 Å². The van der Waals surface area contributed by atoms with Crippen molar-refractivity contribution in [3.05, 3.63) is 64.4 Å². The van der Waals surface area contributed by atoms with Crippen molar-refractivity contribution >= 4 is 11.6 Å². The molecule has 0 spiro atoms. The Balaban J connectivity index is 2.44. The van der Waals surface area contributed by atoms with Gasteiger partial charge in [0.2, 0.25) is 0 Å².